The molecular formula is C14H25N5O2. The molecule has 7 nitrogen and oxygen atoms in total. The highest BCUT2D eigenvalue weighted by atomic mass is 16.5. The summed E-state index contributed by atoms with van der Waals surface area (Å²) in [4.78, 5) is 14.2. The zero-order valence-corrected chi connectivity index (χ0v) is 12.8. The van der Waals surface area contributed by atoms with E-state index in [1.807, 2.05) is 30.8 Å². The lowest BCUT2D eigenvalue weighted by Crippen LogP contribution is -2.50. The van der Waals surface area contributed by atoms with Gasteiger partial charge in [0.2, 0.25) is 0 Å². The summed E-state index contributed by atoms with van der Waals surface area (Å²) in [7, 11) is 0. The number of carbonyl (C=O) groups is 1. The fraction of sp³-hybridized carbons (Fsp3) is 0.714. The topological polar surface area (TPSA) is 71.4 Å². The van der Waals surface area contributed by atoms with E-state index in [9.17, 15) is 4.79 Å². The number of amides is 2. The molecule has 21 heavy (non-hydrogen) atoms. The van der Waals surface area contributed by atoms with E-state index in [0.29, 0.717) is 6.54 Å². The molecule has 0 radical (unpaired) electrons. The van der Waals surface area contributed by atoms with Crippen LogP contribution in [-0.4, -0.2) is 65.6 Å². The summed E-state index contributed by atoms with van der Waals surface area (Å²) in [5.41, 5.74) is 0. The Morgan fingerprint density at radius 2 is 1.90 bits per heavy atom. The second-order valence-corrected chi connectivity index (χ2v) is 5.56. The minimum absolute atomic E-state index is 0.0282. The average Bonchev–Trinajstić information content (AvgIpc) is 2.91. The quantitative estimate of drug-likeness (QED) is 0.791. The molecule has 118 valence electrons. The van der Waals surface area contributed by atoms with Crippen molar-refractivity contribution in [1.29, 1.82) is 0 Å². The summed E-state index contributed by atoms with van der Waals surface area (Å²) < 4.78 is 7.12. The van der Waals surface area contributed by atoms with Crippen LogP contribution >= 0.6 is 0 Å². The van der Waals surface area contributed by atoms with Crippen LogP contribution in [0, 0.1) is 0 Å². The Bertz CT molecular complexity index is 417. The van der Waals surface area contributed by atoms with Crippen LogP contribution in [0.25, 0.3) is 0 Å². The van der Waals surface area contributed by atoms with Crippen LogP contribution in [0.3, 0.4) is 0 Å². The number of nitrogens with one attached hydrogen (secondary N) is 2. The number of rotatable bonds is 6. The molecule has 2 unspecified atom stereocenters. The summed E-state index contributed by atoms with van der Waals surface area (Å²) in [5, 5.41) is 10.0. The van der Waals surface area contributed by atoms with Crippen LogP contribution in [0.2, 0.25) is 0 Å². The van der Waals surface area contributed by atoms with E-state index in [1.165, 1.54) is 0 Å². The number of hydrogen-bond donors (Lipinski definition) is 2. The highest BCUT2D eigenvalue weighted by Gasteiger charge is 2.16. The molecule has 1 aromatic heterocycles. The van der Waals surface area contributed by atoms with Crippen molar-refractivity contribution in [3.63, 3.8) is 0 Å². The summed E-state index contributed by atoms with van der Waals surface area (Å²) >= 11 is 0. The highest BCUT2D eigenvalue weighted by Crippen LogP contribution is 1.98. The van der Waals surface area contributed by atoms with Crippen molar-refractivity contribution in [2.45, 2.75) is 32.5 Å². The molecule has 1 aromatic rings. The molecule has 2 rings (SSSR count). The van der Waals surface area contributed by atoms with Crippen LogP contribution in [0.1, 0.15) is 13.8 Å². The maximum Gasteiger partial charge on any atom is 0.315 e. The molecule has 0 spiro atoms. The van der Waals surface area contributed by atoms with E-state index in [4.69, 9.17) is 4.74 Å². The number of hydrogen-bond acceptors (Lipinski definition) is 4. The predicted octanol–water partition coefficient (Wildman–Crippen LogP) is 0.292. The SMILES string of the molecule is CC(CN1CCOCC1)NC(=O)NC(C)Cn1cccn1. The third-order valence-electron chi connectivity index (χ3n) is 3.41. The monoisotopic (exact) mass is 295 g/mol. The third kappa shape index (κ3) is 5.73. The fourth-order valence-electron chi connectivity index (χ4n) is 2.44. The first-order chi connectivity index (χ1) is 10.1. The summed E-state index contributed by atoms with van der Waals surface area (Å²) in [6, 6.07) is 1.88. The van der Waals surface area contributed by atoms with Gasteiger partial charge in [0, 0.05) is 44.1 Å². The highest BCUT2D eigenvalue weighted by molar-refractivity contribution is 5.74. The number of ether oxygens (including phenoxy) is 1. The first-order valence-corrected chi connectivity index (χ1v) is 7.48. The molecular weight excluding hydrogens is 270 g/mol. The Labute approximate surface area is 125 Å². The van der Waals surface area contributed by atoms with Crippen LogP contribution in [0.4, 0.5) is 4.79 Å². The lowest BCUT2D eigenvalue weighted by atomic mass is 10.3. The van der Waals surface area contributed by atoms with Crippen molar-refractivity contribution >= 4 is 6.03 Å². The fourth-order valence-corrected chi connectivity index (χ4v) is 2.44. The van der Waals surface area contributed by atoms with E-state index >= 15 is 0 Å². The molecule has 2 heterocycles. The maximum absolute atomic E-state index is 11.9. The van der Waals surface area contributed by atoms with Crippen molar-refractivity contribution in [2.75, 3.05) is 32.8 Å². The zero-order chi connectivity index (χ0) is 15.1. The Morgan fingerprint density at radius 1 is 1.24 bits per heavy atom. The van der Waals surface area contributed by atoms with Gasteiger partial charge in [-0.3, -0.25) is 9.58 Å². The van der Waals surface area contributed by atoms with Gasteiger partial charge in [-0.15, -0.1) is 0 Å². The summed E-state index contributed by atoms with van der Waals surface area (Å²) in [6.45, 7) is 8.93. The smallest absolute Gasteiger partial charge is 0.315 e. The van der Waals surface area contributed by atoms with Crippen molar-refractivity contribution in [3.05, 3.63) is 18.5 Å². The van der Waals surface area contributed by atoms with Crippen molar-refractivity contribution < 1.29 is 9.53 Å². The Morgan fingerprint density at radius 3 is 2.52 bits per heavy atom. The molecule has 2 atom stereocenters. The van der Waals surface area contributed by atoms with Gasteiger partial charge in [-0.1, -0.05) is 0 Å². The Hall–Kier alpha value is -1.60. The molecule has 2 N–H and O–H groups in total. The summed E-state index contributed by atoms with van der Waals surface area (Å²) in [5.74, 6) is 0. The number of carbonyl (C=O) groups excluding carboxylic acids is 1. The van der Waals surface area contributed by atoms with Gasteiger partial charge >= 0.3 is 6.03 Å². The Kier molecular flexibility index (Phi) is 6.01. The van der Waals surface area contributed by atoms with Crippen molar-refractivity contribution in [2.24, 2.45) is 0 Å². The molecule has 0 saturated carbocycles. The largest absolute Gasteiger partial charge is 0.379 e. The minimum atomic E-state index is -0.129. The van der Waals surface area contributed by atoms with Crippen molar-refractivity contribution in [1.82, 2.24) is 25.3 Å². The van der Waals surface area contributed by atoms with E-state index in [1.54, 1.807) is 6.20 Å². The van der Waals surface area contributed by atoms with E-state index in [2.05, 4.69) is 20.6 Å². The molecule has 0 aromatic carbocycles. The molecule has 1 fully saturated rings. The Balaban J connectivity index is 1.65. The lowest BCUT2D eigenvalue weighted by molar-refractivity contribution is 0.0349. The van der Waals surface area contributed by atoms with Crippen LogP contribution in [0.5, 0.6) is 0 Å². The van der Waals surface area contributed by atoms with Crippen LogP contribution in [-0.2, 0) is 11.3 Å². The first-order valence-electron chi connectivity index (χ1n) is 7.48. The maximum atomic E-state index is 11.9. The van der Waals surface area contributed by atoms with Crippen LogP contribution < -0.4 is 10.6 Å². The van der Waals surface area contributed by atoms with Gasteiger partial charge in [0.05, 0.1) is 19.8 Å². The lowest BCUT2D eigenvalue weighted by Gasteiger charge is -2.29. The third-order valence-corrected chi connectivity index (χ3v) is 3.41. The number of morpholine rings is 1. The van der Waals surface area contributed by atoms with Gasteiger partial charge in [0.1, 0.15) is 0 Å². The van der Waals surface area contributed by atoms with E-state index in [-0.39, 0.29) is 18.1 Å². The second-order valence-electron chi connectivity index (χ2n) is 5.56. The molecule has 7 heteroatoms. The number of urea groups is 1. The van der Waals surface area contributed by atoms with Crippen molar-refractivity contribution in [3.8, 4) is 0 Å². The average molecular weight is 295 g/mol. The van der Waals surface area contributed by atoms with E-state index < -0.39 is 0 Å². The zero-order valence-electron chi connectivity index (χ0n) is 12.8. The van der Waals surface area contributed by atoms with Gasteiger partial charge in [0.25, 0.3) is 0 Å². The van der Waals surface area contributed by atoms with Gasteiger partial charge < -0.3 is 15.4 Å². The molecule has 0 aliphatic carbocycles. The minimum Gasteiger partial charge on any atom is -0.379 e. The van der Waals surface area contributed by atoms with Crippen LogP contribution in [0.15, 0.2) is 18.5 Å². The molecule has 2 amide bonds. The summed E-state index contributed by atoms with van der Waals surface area (Å²) in [6.07, 6.45) is 3.62. The van der Waals surface area contributed by atoms with Gasteiger partial charge in [0.15, 0.2) is 0 Å². The van der Waals surface area contributed by atoms with Gasteiger partial charge in [-0.05, 0) is 19.9 Å². The molecule has 1 aliphatic rings. The normalized spacial score (nSPS) is 19.0. The predicted molar refractivity (Wildman–Crippen MR) is 80.1 cm³/mol. The number of nitrogens with zero attached hydrogens (tertiary/aromatic N) is 3. The molecule has 1 aliphatic heterocycles. The molecule has 0 bridgehead atoms. The molecule has 1 saturated heterocycles. The van der Waals surface area contributed by atoms with Gasteiger partial charge in [-0.25, -0.2) is 4.79 Å². The second kappa shape index (κ2) is 7.99. The van der Waals surface area contributed by atoms with E-state index in [0.717, 1.165) is 32.8 Å². The standard InChI is InChI=1S/C14H25N5O2/c1-12(10-18-6-8-21-9-7-18)16-14(20)17-13(2)11-19-5-3-4-15-19/h3-5,12-13H,6-11H2,1-2H3,(H2,16,17,20). The first kappa shape index (κ1) is 15.8. The number of aromatic nitrogens is 2. The van der Waals surface area contributed by atoms with Gasteiger partial charge in [-0.2, -0.15) is 5.10 Å².